The molecule has 8 heteroatoms. The Morgan fingerprint density at radius 2 is 2.04 bits per heavy atom. The number of hydrogen-bond acceptors (Lipinski definition) is 6. The summed E-state index contributed by atoms with van der Waals surface area (Å²) in [7, 11) is 1.34. The molecule has 1 N–H and O–H groups in total. The van der Waals surface area contributed by atoms with E-state index in [4.69, 9.17) is 14.2 Å². The first-order valence-electron chi connectivity index (χ1n) is 7.07. The van der Waals surface area contributed by atoms with Gasteiger partial charge in [0.15, 0.2) is 17.2 Å². The molecule has 0 saturated carbocycles. The summed E-state index contributed by atoms with van der Waals surface area (Å²) < 4.78 is 15.4. The number of hydrogen-bond donors (Lipinski definition) is 1. The number of carbonyl (C=O) groups is 1. The molecular formula is C16H14N2O6. The number of benzene rings is 2. The van der Waals surface area contributed by atoms with E-state index in [1.807, 2.05) is 6.07 Å². The van der Waals surface area contributed by atoms with E-state index in [1.165, 1.54) is 25.3 Å². The van der Waals surface area contributed by atoms with Gasteiger partial charge in [-0.15, -0.1) is 0 Å². The van der Waals surface area contributed by atoms with Crippen molar-refractivity contribution in [2.24, 2.45) is 0 Å². The van der Waals surface area contributed by atoms with Gasteiger partial charge < -0.3 is 19.5 Å². The normalized spacial score (nSPS) is 11.9. The van der Waals surface area contributed by atoms with Gasteiger partial charge in [-0.3, -0.25) is 14.9 Å². The number of nitrogens with one attached hydrogen (secondary N) is 1. The molecule has 0 aromatic heterocycles. The van der Waals surface area contributed by atoms with Gasteiger partial charge in [0.05, 0.1) is 12.0 Å². The lowest BCUT2D eigenvalue weighted by atomic mass is 10.1. The second-order valence-corrected chi connectivity index (χ2v) is 5.01. The summed E-state index contributed by atoms with van der Waals surface area (Å²) in [4.78, 5) is 22.6. The highest BCUT2D eigenvalue weighted by Gasteiger charge is 2.18. The quantitative estimate of drug-likeness (QED) is 0.667. The van der Waals surface area contributed by atoms with Crippen LogP contribution in [-0.4, -0.2) is 24.7 Å². The number of amides is 1. The fourth-order valence-electron chi connectivity index (χ4n) is 2.31. The molecule has 0 radical (unpaired) electrons. The summed E-state index contributed by atoms with van der Waals surface area (Å²) in [6.45, 7) is 0.440. The van der Waals surface area contributed by atoms with Gasteiger partial charge in [-0.1, -0.05) is 6.07 Å². The number of rotatable bonds is 5. The Hall–Kier alpha value is -3.29. The monoisotopic (exact) mass is 330 g/mol. The van der Waals surface area contributed by atoms with Crippen LogP contribution >= 0.6 is 0 Å². The third-order valence-corrected chi connectivity index (χ3v) is 3.53. The van der Waals surface area contributed by atoms with Crippen molar-refractivity contribution < 1.29 is 23.9 Å². The van der Waals surface area contributed by atoms with Gasteiger partial charge in [0, 0.05) is 18.2 Å². The Balaban J connectivity index is 1.71. The van der Waals surface area contributed by atoms with E-state index in [0.29, 0.717) is 11.5 Å². The number of methoxy groups -OCH3 is 1. The molecule has 0 spiro atoms. The Morgan fingerprint density at radius 1 is 1.25 bits per heavy atom. The molecule has 0 atom stereocenters. The third kappa shape index (κ3) is 3.07. The van der Waals surface area contributed by atoms with Crippen molar-refractivity contribution in [2.75, 3.05) is 13.9 Å². The molecule has 1 aliphatic rings. The van der Waals surface area contributed by atoms with Gasteiger partial charge >= 0.3 is 5.69 Å². The number of ether oxygens (including phenoxy) is 3. The summed E-state index contributed by atoms with van der Waals surface area (Å²) in [5.41, 5.74) is 0.757. The molecule has 0 unspecified atom stereocenters. The topological polar surface area (TPSA) is 99.9 Å². The molecule has 24 heavy (non-hydrogen) atoms. The van der Waals surface area contributed by atoms with Crippen LogP contribution in [0.4, 0.5) is 5.69 Å². The van der Waals surface area contributed by atoms with E-state index in [1.54, 1.807) is 12.1 Å². The van der Waals surface area contributed by atoms with Crippen molar-refractivity contribution >= 4 is 11.6 Å². The average molecular weight is 330 g/mol. The molecule has 1 amide bonds. The van der Waals surface area contributed by atoms with E-state index in [0.717, 1.165) is 5.56 Å². The first kappa shape index (κ1) is 15.6. The molecule has 2 aromatic rings. The maximum Gasteiger partial charge on any atom is 0.311 e. The summed E-state index contributed by atoms with van der Waals surface area (Å²) in [5, 5.41) is 13.7. The van der Waals surface area contributed by atoms with E-state index in [9.17, 15) is 14.9 Å². The van der Waals surface area contributed by atoms with Crippen LogP contribution in [0.5, 0.6) is 17.2 Å². The zero-order valence-corrected chi connectivity index (χ0v) is 12.8. The molecule has 0 bridgehead atoms. The Kier molecular flexibility index (Phi) is 4.19. The smallest absolute Gasteiger partial charge is 0.311 e. The minimum absolute atomic E-state index is 0.104. The van der Waals surface area contributed by atoms with E-state index >= 15 is 0 Å². The molecule has 1 aliphatic heterocycles. The zero-order valence-electron chi connectivity index (χ0n) is 12.8. The van der Waals surface area contributed by atoms with Gasteiger partial charge in [-0.05, 0) is 29.8 Å². The fraction of sp³-hybridized carbons (Fsp3) is 0.188. The maximum atomic E-state index is 12.2. The first-order valence-corrected chi connectivity index (χ1v) is 7.07. The Labute approximate surface area is 137 Å². The summed E-state index contributed by atoms with van der Waals surface area (Å²) in [6, 6.07) is 9.41. The molecule has 1 heterocycles. The van der Waals surface area contributed by atoms with Crippen molar-refractivity contribution in [3.63, 3.8) is 0 Å². The summed E-state index contributed by atoms with van der Waals surface area (Å²) >= 11 is 0. The summed E-state index contributed by atoms with van der Waals surface area (Å²) in [6.07, 6.45) is 0. The van der Waals surface area contributed by atoms with E-state index in [2.05, 4.69) is 5.32 Å². The van der Waals surface area contributed by atoms with Crippen molar-refractivity contribution in [3.05, 3.63) is 57.6 Å². The number of carbonyl (C=O) groups excluding carboxylic acids is 1. The first-order chi connectivity index (χ1) is 11.6. The van der Waals surface area contributed by atoms with Gasteiger partial charge in [0.1, 0.15) is 0 Å². The van der Waals surface area contributed by atoms with Crippen LogP contribution in [0.3, 0.4) is 0 Å². The highest BCUT2D eigenvalue weighted by Crippen LogP contribution is 2.32. The van der Waals surface area contributed by atoms with Gasteiger partial charge in [0.2, 0.25) is 6.79 Å². The van der Waals surface area contributed by atoms with Crippen LogP contribution in [-0.2, 0) is 6.54 Å². The summed E-state index contributed by atoms with van der Waals surface area (Å²) in [5.74, 6) is 0.975. The van der Waals surface area contributed by atoms with Crippen molar-refractivity contribution in [2.45, 2.75) is 6.54 Å². The number of nitro benzene ring substituents is 1. The fourth-order valence-corrected chi connectivity index (χ4v) is 2.31. The van der Waals surface area contributed by atoms with E-state index < -0.39 is 10.8 Å². The van der Waals surface area contributed by atoms with Crippen molar-refractivity contribution in [1.82, 2.24) is 5.32 Å². The number of fused-ring (bicyclic) bond motifs is 1. The lowest BCUT2D eigenvalue weighted by Gasteiger charge is -2.07. The van der Waals surface area contributed by atoms with Crippen LogP contribution < -0.4 is 19.5 Å². The second kappa shape index (κ2) is 6.45. The van der Waals surface area contributed by atoms with Crippen LogP contribution in [0.1, 0.15) is 15.9 Å². The minimum atomic E-state index is -0.590. The molecule has 8 nitrogen and oxygen atoms in total. The SMILES string of the molecule is COc1ccc(C(=O)NCc2ccc3c(c2)OCO3)cc1[N+](=O)[O-]. The number of nitro groups is 1. The van der Waals surface area contributed by atoms with E-state index in [-0.39, 0.29) is 30.3 Å². The highest BCUT2D eigenvalue weighted by atomic mass is 16.7. The molecule has 0 fully saturated rings. The van der Waals surface area contributed by atoms with Crippen LogP contribution in [0, 0.1) is 10.1 Å². The standard InChI is InChI=1S/C16H14N2O6/c1-22-13-5-3-11(7-12(13)18(20)21)16(19)17-8-10-2-4-14-15(6-10)24-9-23-14/h2-7H,8-9H2,1H3,(H,17,19). The second-order valence-electron chi connectivity index (χ2n) is 5.01. The zero-order chi connectivity index (χ0) is 17.1. The van der Waals surface area contributed by atoms with Crippen LogP contribution in [0.25, 0.3) is 0 Å². The molecule has 0 saturated heterocycles. The highest BCUT2D eigenvalue weighted by molar-refractivity contribution is 5.95. The minimum Gasteiger partial charge on any atom is -0.490 e. The molecule has 124 valence electrons. The predicted molar refractivity (Wildman–Crippen MR) is 83.4 cm³/mol. The van der Waals surface area contributed by atoms with Gasteiger partial charge in [-0.25, -0.2) is 0 Å². The average Bonchev–Trinajstić information content (AvgIpc) is 3.06. The third-order valence-electron chi connectivity index (χ3n) is 3.53. The van der Waals surface area contributed by atoms with Crippen LogP contribution in [0.2, 0.25) is 0 Å². The lowest BCUT2D eigenvalue weighted by molar-refractivity contribution is -0.385. The Morgan fingerprint density at radius 3 is 2.79 bits per heavy atom. The molecule has 3 rings (SSSR count). The predicted octanol–water partition coefficient (Wildman–Crippen LogP) is 2.26. The maximum absolute atomic E-state index is 12.2. The molecular weight excluding hydrogens is 316 g/mol. The van der Waals surface area contributed by atoms with Crippen molar-refractivity contribution in [3.8, 4) is 17.2 Å². The van der Waals surface area contributed by atoms with Gasteiger partial charge in [0.25, 0.3) is 5.91 Å². The number of nitrogens with zero attached hydrogens (tertiary/aromatic N) is 1. The lowest BCUT2D eigenvalue weighted by Crippen LogP contribution is -2.22. The van der Waals surface area contributed by atoms with Crippen molar-refractivity contribution in [1.29, 1.82) is 0 Å². The Bertz CT molecular complexity index is 805. The molecule has 0 aliphatic carbocycles. The van der Waals surface area contributed by atoms with Crippen LogP contribution in [0.15, 0.2) is 36.4 Å². The molecule has 2 aromatic carbocycles. The van der Waals surface area contributed by atoms with Gasteiger partial charge in [-0.2, -0.15) is 0 Å². The largest absolute Gasteiger partial charge is 0.490 e.